The summed E-state index contributed by atoms with van der Waals surface area (Å²) in [6, 6.07) is 6.30. The van der Waals surface area contributed by atoms with Crippen molar-refractivity contribution in [1.82, 2.24) is 5.32 Å². The highest BCUT2D eigenvalue weighted by atomic mass is 35.5. The normalized spacial score (nSPS) is 12.8. The number of carboxylic acid groups (broad SMARTS) is 1. The molecule has 1 aromatic carbocycles. The SMILES string of the molecule is CC(C)NC(C(=O)O)c1ccccc1Cl. The lowest BCUT2D eigenvalue weighted by Crippen LogP contribution is -2.33. The van der Waals surface area contributed by atoms with E-state index in [1.54, 1.807) is 24.3 Å². The summed E-state index contributed by atoms with van der Waals surface area (Å²) in [6.07, 6.45) is 0. The van der Waals surface area contributed by atoms with Crippen molar-refractivity contribution in [3.8, 4) is 0 Å². The van der Waals surface area contributed by atoms with Gasteiger partial charge in [0.2, 0.25) is 0 Å². The van der Waals surface area contributed by atoms with Crippen LogP contribution < -0.4 is 5.32 Å². The second-order valence-corrected chi connectivity index (χ2v) is 4.02. The standard InChI is InChI=1S/C11H14ClNO2/c1-7(2)13-10(11(14)15)8-5-3-4-6-9(8)12/h3-7,10,13H,1-2H3,(H,14,15). The third kappa shape index (κ3) is 3.22. The molecule has 1 unspecified atom stereocenters. The molecule has 0 saturated heterocycles. The van der Waals surface area contributed by atoms with Gasteiger partial charge in [0.1, 0.15) is 6.04 Å². The van der Waals surface area contributed by atoms with Crippen LogP contribution in [-0.2, 0) is 4.79 Å². The highest BCUT2D eigenvalue weighted by Crippen LogP contribution is 2.23. The predicted octanol–water partition coefficient (Wildman–Crippen LogP) is 2.46. The molecule has 2 N–H and O–H groups in total. The smallest absolute Gasteiger partial charge is 0.325 e. The fourth-order valence-corrected chi connectivity index (χ4v) is 1.58. The van der Waals surface area contributed by atoms with Crippen molar-refractivity contribution in [3.63, 3.8) is 0 Å². The van der Waals surface area contributed by atoms with E-state index >= 15 is 0 Å². The van der Waals surface area contributed by atoms with E-state index in [9.17, 15) is 4.79 Å². The summed E-state index contributed by atoms with van der Waals surface area (Å²) in [7, 11) is 0. The van der Waals surface area contributed by atoms with Crippen LogP contribution >= 0.6 is 11.6 Å². The molecule has 4 heteroatoms. The van der Waals surface area contributed by atoms with Crippen LogP contribution in [0.2, 0.25) is 5.02 Å². The van der Waals surface area contributed by atoms with Crippen LogP contribution in [0.4, 0.5) is 0 Å². The quantitative estimate of drug-likeness (QED) is 0.831. The molecule has 0 spiro atoms. The van der Waals surface area contributed by atoms with Gasteiger partial charge in [-0.25, -0.2) is 0 Å². The number of hydrogen-bond acceptors (Lipinski definition) is 2. The molecule has 0 heterocycles. The highest BCUT2D eigenvalue weighted by Gasteiger charge is 2.22. The topological polar surface area (TPSA) is 49.3 Å². The van der Waals surface area contributed by atoms with Gasteiger partial charge in [-0.1, -0.05) is 29.8 Å². The largest absolute Gasteiger partial charge is 0.480 e. The average Bonchev–Trinajstić information content (AvgIpc) is 2.15. The van der Waals surface area contributed by atoms with E-state index in [2.05, 4.69) is 5.32 Å². The van der Waals surface area contributed by atoms with E-state index < -0.39 is 12.0 Å². The fourth-order valence-electron chi connectivity index (χ4n) is 1.34. The van der Waals surface area contributed by atoms with Crippen LogP contribution in [0.15, 0.2) is 24.3 Å². The minimum absolute atomic E-state index is 0.0855. The first-order valence-corrected chi connectivity index (χ1v) is 5.13. The fraction of sp³-hybridized carbons (Fsp3) is 0.364. The van der Waals surface area contributed by atoms with Crippen LogP contribution in [-0.4, -0.2) is 17.1 Å². The van der Waals surface area contributed by atoms with E-state index in [0.717, 1.165) is 0 Å². The Morgan fingerprint density at radius 2 is 2.00 bits per heavy atom. The van der Waals surface area contributed by atoms with Gasteiger partial charge in [0.05, 0.1) is 0 Å². The zero-order valence-corrected chi connectivity index (χ0v) is 9.45. The van der Waals surface area contributed by atoms with Crippen molar-refractivity contribution in [2.24, 2.45) is 0 Å². The molecule has 0 aliphatic rings. The Bertz CT molecular complexity index is 352. The van der Waals surface area contributed by atoms with E-state index in [1.165, 1.54) is 0 Å². The van der Waals surface area contributed by atoms with E-state index in [0.29, 0.717) is 10.6 Å². The van der Waals surface area contributed by atoms with Crippen molar-refractivity contribution in [3.05, 3.63) is 34.9 Å². The third-order valence-corrected chi connectivity index (χ3v) is 2.31. The van der Waals surface area contributed by atoms with Gasteiger partial charge in [0.15, 0.2) is 0 Å². The zero-order valence-electron chi connectivity index (χ0n) is 8.70. The molecule has 1 atom stereocenters. The van der Waals surface area contributed by atoms with Crippen LogP contribution in [0.5, 0.6) is 0 Å². The molecule has 1 rings (SSSR count). The first-order valence-electron chi connectivity index (χ1n) is 4.75. The van der Waals surface area contributed by atoms with Gasteiger partial charge in [-0.15, -0.1) is 0 Å². The van der Waals surface area contributed by atoms with Crippen LogP contribution in [0, 0.1) is 0 Å². The Morgan fingerprint density at radius 3 is 2.47 bits per heavy atom. The molecule has 82 valence electrons. The summed E-state index contributed by atoms with van der Waals surface area (Å²) in [4.78, 5) is 11.1. The van der Waals surface area contributed by atoms with Crippen molar-refractivity contribution >= 4 is 17.6 Å². The van der Waals surface area contributed by atoms with E-state index in [-0.39, 0.29) is 6.04 Å². The lowest BCUT2D eigenvalue weighted by Gasteiger charge is -2.18. The molecular weight excluding hydrogens is 214 g/mol. The van der Waals surface area contributed by atoms with Gasteiger partial charge < -0.3 is 5.11 Å². The Labute approximate surface area is 94.1 Å². The van der Waals surface area contributed by atoms with Crippen molar-refractivity contribution < 1.29 is 9.90 Å². The number of aliphatic carboxylic acids is 1. The molecule has 15 heavy (non-hydrogen) atoms. The molecule has 0 saturated carbocycles. The Kier molecular flexibility index (Phi) is 4.12. The molecule has 0 fully saturated rings. The maximum absolute atomic E-state index is 11.1. The lowest BCUT2D eigenvalue weighted by atomic mass is 10.1. The number of carboxylic acids is 1. The van der Waals surface area contributed by atoms with Crippen LogP contribution in [0.3, 0.4) is 0 Å². The first-order chi connectivity index (χ1) is 7.02. The predicted molar refractivity (Wildman–Crippen MR) is 60.1 cm³/mol. The molecular formula is C11H14ClNO2. The van der Waals surface area contributed by atoms with Crippen LogP contribution in [0.1, 0.15) is 25.5 Å². The van der Waals surface area contributed by atoms with Crippen LogP contribution in [0.25, 0.3) is 0 Å². The maximum Gasteiger partial charge on any atom is 0.325 e. The van der Waals surface area contributed by atoms with Gasteiger partial charge in [-0.05, 0) is 25.5 Å². The van der Waals surface area contributed by atoms with Crippen molar-refractivity contribution in [2.75, 3.05) is 0 Å². The maximum atomic E-state index is 11.1. The molecule has 3 nitrogen and oxygen atoms in total. The molecule has 0 aliphatic heterocycles. The minimum atomic E-state index is -0.920. The Morgan fingerprint density at radius 1 is 1.40 bits per heavy atom. The summed E-state index contributed by atoms with van der Waals surface area (Å²) in [5.74, 6) is -0.920. The van der Waals surface area contributed by atoms with E-state index in [4.69, 9.17) is 16.7 Å². The number of halogens is 1. The highest BCUT2D eigenvalue weighted by molar-refractivity contribution is 6.31. The van der Waals surface area contributed by atoms with Crippen molar-refractivity contribution in [2.45, 2.75) is 25.9 Å². The lowest BCUT2D eigenvalue weighted by molar-refractivity contribution is -0.139. The first kappa shape index (κ1) is 12.0. The summed E-state index contributed by atoms with van der Waals surface area (Å²) in [6.45, 7) is 3.79. The molecule has 0 aliphatic carbocycles. The minimum Gasteiger partial charge on any atom is -0.480 e. The summed E-state index contributed by atoms with van der Waals surface area (Å²) in [5, 5.41) is 12.5. The molecule has 1 aromatic rings. The summed E-state index contributed by atoms with van der Waals surface area (Å²) < 4.78 is 0. The van der Waals surface area contributed by atoms with E-state index in [1.807, 2.05) is 13.8 Å². The summed E-state index contributed by atoms with van der Waals surface area (Å²) >= 11 is 5.94. The average molecular weight is 228 g/mol. The Hall–Kier alpha value is -1.06. The second-order valence-electron chi connectivity index (χ2n) is 3.61. The van der Waals surface area contributed by atoms with Gasteiger partial charge in [0, 0.05) is 11.1 Å². The van der Waals surface area contributed by atoms with Gasteiger partial charge in [-0.2, -0.15) is 0 Å². The van der Waals surface area contributed by atoms with Gasteiger partial charge in [-0.3, -0.25) is 10.1 Å². The summed E-state index contributed by atoms with van der Waals surface area (Å²) in [5.41, 5.74) is 0.598. The van der Waals surface area contributed by atoms with Gasteiger partial charge in [0.25, 0.3) is 0 Å². The Balaban J connectivity index is 2.99. The molecule has 0 radical (unpaired) electrons. The van der Waals surface area contributed by atoms with Gasteiger partial charge >= 0.3 is 5.97 Å². The number of carbonyl (C=O) groups is 1. The number of nitrogens with one attached hydrogen (secondary N) is 1. The zero-order chi connectivity index (χ0) is 11.4. The molecule has 0 aromatic heterocycles. The molecule has 0 amide bonds. The monoisotopic (exact) mass is 227 g/mol. The second kappa shape index (κ2) is 5.14. The third-order valence-electron chi connectivity index (χ3n) is 1.96. The number of hydrogen-bond donors (Lipinski definition) is 2. The number of benzene rings is 1. The molecule has 0 bridgehead atoms. The number of rotatable bonds is 4. The van der Waals surface area contributed by atoms with Crippen molar-refractivity contribution in [1.29, 1.82) is 0 Å².